The predicted octanol–water partition coefficient (Wildman–Crippen LogP) is 4.49. The Morgan fingerprint density at radius 3 is 2.22 bits per heavy atom. The monoisotopic (exact) mass is 497 g/mol. The van der Waals surface area contributed by atoms with E-state index in [9.17, 15) is 9.59 Å². The largest absolute Gasteiger partial charge is 0.352 e. The number of nitrogens with zero attached hydrogens (tertiary/aromatic N) is 5. The van der Waals surface area contributed by atoms with Gasteiger partial charge in [-0.05, 0) is 44.4 Å². The molecule has 1 saturated carbocycles. The SMILES string of the molecule is Cc1ccc(-c2ccc(N3CCN(C(=O)CN(C(=O)C4CCC4)[C@H](C)c4ccccc4)CC3)nn2)cc1. The molecule has 2 heterocycles. The molecule has 1 aromatic heterocycles. The van der Waals surface area contributed by atoms with Gasteiger partial charge in [0.1, 0.15) is 6.54 Å². The summed E-state index contributed by atoms with van der Waals surface area (Å²) in [5, 5.41) is 8.88. The van der Waals surface area contributed by atoms with E-state index in [0.717, 1.165) is 41.9 Å². The highest BCUT2D eigenvalue weighted by Crippen LogP contribution is 2.32. The molecule has 0 spiro atoms. The van der Waals surface area contributed by atoms with E-state index in [1.807, 2.05) is 54.3 Å². The maximum Gasteiger partial charge on any atom is 0.242 e. The number of anilines is 1. The molecule has 2 aliphatic rings. The van der Waals surface area contributed by atoms with Crippen LogP contribution in [0.5, 0.6) is 0 Å². The summed E-state index contributed by atoms with van der Waals surface area (Å²) in [4.78, 5) is 32.4. The molecule has 0 bridgehead atoms. The van der Waals surface area contributed by atoms with Crippen molar-refractivity contribution >= 4 is 17.6 Å². The number of rotatable bonds is 7. The van der Waals surface area contributed by atoms with Crippen molar-refractivity contribution in [3.8, 4) is 11.3 Å². The first-order valence-corrected chi connectivity index (χ1v) is 13.3. The van der Waals surface area contributed by atoms with Crippen LogP contribution in [0.3, 0.4) is 0 Å². The molecular weight excluding hydrogens is 462 g/mol. The van der Waals surface area contributed by atoms with Gasteiger partial charge in [-0.1, -0.05) is 66.6 Å². The first-order valence-electron chi connectivity index (χ1n) is 13.3. The van der Waals surface area contributed by atoms with Gasteiger partial charge >= 0.3 is 0 Å². The summed E-state index contributed by atoms with van der Waals surface area (Å²) in [5.74, 6) is 0.995. The van der Waals surface area contributed by atoms with Crippen LogP contribution < -0.4 is 4.90 Å². The lowest BCUT2D eigenvalue weighted by Gasteiger charge is -2.39. The highest BCUT2D eigenvalue weighted by atomic mass is 16.2. The summed E-state index contributed by atoms with van der Waals surface area (Å²) in [7, 11) is 0. The van der Waals surface area contributed by atoms with E-state index in [1.54, 1.807) is 4.90 Å². The van der Waals surface area contributed by atoms with Crippen molar-refractivity contribution in [2.24, 2.45) is 5.92 Å². The summed E-state index contributed by atoms with van der Waals surface area (Å²) in [6, 6.07) is 22.1. The second-order valence-corrected chi connectivity index (χ2v) is 10.2. The molecule has 2 amide bonds. The fourth-order valence-corrected chi connectivity index (χ4v) is 5.01. The number of aromatic nitrogens is 2. The third kappa shape index (κ3) is 5.66. The van der Waals surface area contributed by atoms with Crippen LogP contribution in [0.1, 0.15) is 43.4 Å². The van der Waals surface area contributed by atoms with Crippen molar-refractivity contribution in [2.45, 2.75) is 39.2 Å². The van der Waals surface area contributed by atoms with E-state index >= 15 is 0 Å². The van der Waals surface area contributed by atoms with Crippen LogP contribution >= 0.6 is 0 Å². The van der Waals surface area contributed by atoms with Crippen LogP contribution in [0, 0.1) is 12.8 Å². The zero-order valence-electron chi connectivity index (χ0n) is 21.7. The van der Waals surface area contributed by atoms with Crippen molar-refractivity contribution < 1.29 is 9.59 Å². The van der Waals surface area contributed by atoms with Crippen LogP contribution in [0.4, 0.5) is 5.82 Å². The van der Waals surface area contributed by atoms with E-state index < -0.39 is 0 Å². The maximum absolute atomic E-state index is 13.3. The summed E-state index contributed by atoms with van der Waals surface area (Å²) in [5.41, 5.74) is 4.17. The smallest absolute Gasteiger partial charge is 0.242 e. The zero-order valence-corrected chi connectivity index (χ0v) is 21.7. The molecular formula is C30H35N5O2. The molecule has 0 unspecified atom stereocenters. The molecule has 1 atom stereocenters. The van der Waals surface area contributed by atoms with Gasteiger partial charge in [0, 0.05) is 37.7 Å². The van der Waals surface area contributed by atoms with Crippen molar-refractivity contribution in [3.05, 3.63) is 77.9 Å². The molecule has 192 valence electrons. The highest BCUT2D eigenvalue weighted by molar-refractivity contribution is 5.87. The van der Waals surface area contributed by atoms with E-state index in [0.29, 0.717) is 26.2 Å². The second-order valence-electron chi connectivity index (χ2n) is 10.2. The van der Waals surface area contributed by atoms with Gasteiger partial charge in [-0.3, -0.25) is 9.59 Å². The molecule has 2 aromatic carbocycles. The Morgan fingerprint density at radius 2 is 1.62 bits per heavy atom. The maximum atomic E-state index is 13.3. The van der Waals surface area contributed by atoms with Gasteiger partial charge in [-0.2, -0.15) is 0 Å². The Hall–Kier alpha value is -3.74. The van der Waals surface area contributed by atoms with Crippen molar-refractivity contribution in [1.82, 2.24) is 20.0 Å². The van der Waals surface area contributed by atoms with Crippen LogP contribution in [0.2, 0.25) is 0 Å². The van der Waals surface area contributed by atoms with Crippen LogP contribution in [0.25, 0.3) is 11.3 Å². The van der Waals surface area contributed by atoms with Gasteiger partial charge in [0.05, 0.1) is 11.7 Å². The quantitative estimate of drug-likeness (QED) is 0.481. The van der Waals surface area contributed by atoms with Crippen LogP contribution in [0.15, 0.2) is 66.7 Å². The molecule has 3 aromatic rings. The molecule has 0 radical (unpaired) electrons. The van der Waals surface area contributed by atoms with Crippen LogP contribution in [-0.4, -0.2) is 64.5 Å². The highest BCUT2D eigenvalue weighted by Gasteiger charge is 2.34. The normalized spacial score (nSPS) is 16.7. The topological polar surface area (TPSA) is 69.6 Å². The lowest BCUT2D eigenvalue weighted by atomic mass is 9.84. The zero-order chi connectivity index (χ0) is 25.8. The van der Waals surface area contributed by atoms with Gasteiger partial charge in [0.15, 0.2) is 5.82 Å². The molecule has 37 heavy (non-hydrogen) atoms. The van der Waals surface area contributed by atoms with E-state index in [2.05, 4.69) is 46.3 Å². The van der Waals surface area contributed by atoms with Gasteiger partial charge in [-0.25, -0.2) is 0 Å². The molecule has 1 saturated heterocycles. The Morgan fingerprint density at radius 1 is 0.919 bits per heavy atom. The second kappa shape index (κ2) is 11.1. The summed E-state index contributed by atoms with van der Waals surface area (Å²) < 4.78 is 0. The number of hydrogen-bond donors (Lipinski definition) is 0. The Kier molecular flexibility index (Phi) is 7.49. The molecule has 1 aliphatic heterocycles. The Bertz CT molecular complexity index is 1200. The lowest BCUT2D eigenvalue weighted by Crippen LogP contribution is -2.53. The molecule has 7 heteroatoms. The van der Waals surface area contributed by atoms with Crippen LogP contribution in [-0.2, 0) is 9.59 Å². The third-order valence-electron chi connectivity index (χ3n) is 7.75. The third-order valence-corrected chi connectivity index (χ3v) is 7.75. The average Bonchev–Trinajstić information content (AvgIpc) is 2.91. The standard InChI is InChI=1S/C30H35N5O2/c1-22-11-13-25(14-12-22)27-15-16-28(32-31-27)33-17-19-34(20-18-33)29(36)21-35(30(37)26-9-6-10-26)23(2)24-7-4-3-5-8-24/h3-5,7-8,11-16,23,26H,6,9-10,17-21H2,1-2H3/t23-/m1/s1. The molecule has 2 fully saturated rings. The van der Waals surface area contributed by atoms with Crippen molar-refractivity contribution in [1.29, 1.82) is 0 Å². The minimum atomic E-state index is -0.137. The first-order chi connectivity index (χ1) is 18.0. The van der Waals surface area contributed by atoms with E-state index in [4.69, 9.17) is 0 Å². The number of hydrogen-bond acceptors (Lipinski definition) is 5. The number of amides is 2. The van der Waals surface area contributed by atoms with E-state index in [1.165, 1.54) is 5.56 Å². The molecule has 7 nitrogen and oxygen atoms in total. The molecule has 0 N–H and O–H groups in total. The van der Waals surface area contributed by atoms with Crippen molar-refractivity contribution in [2.75, 3.05) is 37.6 Å². The lowest BCUT2D eigenvalue weighted by molar-refractivity contribution is -0.147. The summed E-state index contributed by atoms with van der Waals surface area (Å²) in [6.07, 6.45) is 2.94. The van der Waals surface area contributed by atoms with E-state index in [-0.39, 0.29) is 30.3 Å². The number of piperazine rings is 1. The first kappa shape index (κ1) is 24.9. The van der Waals surface area contributed by atoms with Gasteiger partial charge in [0.2, 0.25) is 11.8 Å². The number of benzene rings is 2. The number of aryl methyl sites for hydroxylation is 1. The minimum Gasteiger partial charge on any atom is -0.352 e. The minimum absolute atomic E-state index is 0.0101. The van der Waals surface area contributed by atoms with Gasteiger partial charge in [0.25, 0.3) is 0 Å². The average molecular weight is 498 g/mol. The predicted molar refractivity (Wildman–Crippen MR) is 145 cm³/mol. The molecule has 1 aliphatic carbocycles. The summed E-state index contributed by atoms with van der Waals surface area (Å²) in [6.45, 7) is 6.80. The summed E-state index contributed by atoms with van der Waals surface area (Å²) >= 11 is 0. The van der Waals surface area contributed by atoms with Crippen molar-refractivity contribution in [3.63, 3.8) is 0 Å². The van der Waals surface area contributed by atoms with Gasteiger partial charge < -0.3 is 14.7 Å². The molecule has 5 rings (SSSR count). The fourth-order valence-electron chi connectivity index (χ4n) is 5.01. The Labute approximate surface area is 219 Å². The van der Waals surface area contributed by atoms with Gasteiger partial charge in [-0.15, -0.1) is 10.2 Å². The number of carbonyl (C=O) groups is 2. The fraction of sp³-hybridized carbons (Fsp3) is 0.400. The number of carbonyl (C=O) groups excluding carboxylic acids is 2. The Balaban J connectivity index is 1.20.